The largest absolute Gasteiger partial charge is 0.398 e. The number of nitrogens with zero attached hydrogens (tertiary/aromatic N) is 3. The first-order valence-electron chi connectivity index (χ1n) is 3.26. The Balaban J connectivity index is 3.36. The van der Waals surface area contributed by atoms with Gasteiger partial charge in [0.2, 0.25) is 0 Å². The average Bonchev–Trinajstić information content (AvgIpc) is 2.00. The molecule has 4 nitrogen and oxygen atoms in total. The molecule has 0 spiro atoms. The zero-order valence-electron chi connectivity index (χ0n) is 6.45. The molecular weight excluding hydrogens is 176 g/mol. The lowest BCUT2D eigenvalue weighted by atomic mass is 10.2. The summed E-state index contributed by atoms with van der Waals surface area (Å²) in [6.45, 7) is 1.80. The second-order valence-electron chi connectivity index (χ2n) is 2.34. The van der Waals surface area contributed by atoms with Crippen molar-refractivity contribution < 1.29 is 0 Å². The predicted octanol–water partition coefficient (Wildman–Crippen LogP) is 3.17. The molecule has 0 radical (unpaired) electrons. The highest BCUT2D eigenvalue weighted by Crippen LogP contribution is 2.29. The van der Waals surface area contributed by atoms with Gasteiger partial charge in [0, 0.05) is 15.6 Å². The zero-order valence-corrected chi connectivity index (χ0v) is 7.21. The molecule has 0 atom stereocenters. The van der Waals surface area contributed by atoms with E-state index in [0.29, 0.717) is 16.4 Å². The molecule has 1 aromatic rings. The molecule has 0 heterocycles. The molecule has 2 N–H and O–H groups in total. The van der Waals surface area contributed by atoms with Crippen LogP contribution in [0.2, 0.25) is 5.02 Å². The standard InChI is InChI=1S/C7H7ClN4/c1-4-2-5(8)3-6(7(4)9)11-12-10/h2-3H,9H2,1H3. The van der Waals surface area contributed by atoms with Crippen molar-refractivity contribution in [3.63, 3.8) is 0 Å². The Labute approximate surface area is 74.6 Å². The number of aryl methyl sites for hydroxylation is 1. The van der Waals surface area contributed by atoms with E-state index < -0.39 is 0 Å². The molecule has 62 valence electrons. The Morgan fingerprint density at radius 1 is 1.58 bits per heavy atom. The van der Waals surface area contributed by atoms with Gasteiger partial charge in [0.15, 0.2) is 0 Å². The smallest absolute Gasteiger partial charge is 0.0622 e. The van der Waals surface area contributed by atoms with Crippen molar-refractivity contribution >= 4 is 23.0 Å². The van der Waals surface area contributed by atoms with E-state index in [0.717, 1.165) is 5.56 Å². The number of hydrogen-bond donors (Lipinski definition) is 1. The zero-order chi connectivity index (χ0) is 9.14. The van der Waals surface area contributed by atoms with Gasteiger partial charge in [-0.15, -0.1) is 0 Å². The Bertz CT molecular complexity index is 355. The fourth-order valence-electron chi connectivity index (χ4n) is 0.868. The summed E-state index contributed by atoms with van der Waals surface area (Å²) in [4.78, 5) is 2.64. The van der Waals surface area contributed by atoms with Crippen LogP contribution < -0.4 is 5.73 Å². The molecule has 0 aromatic heterocycles. The van der Waals surface area contributed by atoms with Crippen molar-refractivity contribution in [3.8, 4) is 0 Å². The topological polar surface area (TPSA) is 74.8 Å². The first-order valence-corrected chi connectivity index (χ1v) is 3.63. The highest BCUT2D eigenvalue weighted by molar-refractivity contribution is 6.31. The number of nitrogen functional groups attached to an aromatic ring is 1. The van der Waals surface area contributed by atoms with Gasteiger partial charge < -0.3 is 5.73 Å². The summed E-state index contributed by atoms with van der Waals surface area (Å²) in [6, 6.07) is 3.25. The van der Waals surface area contributed by atoms with Crippen molar-refractivity contribution in [1.82, 2.24) is 0 Å². The monoisotopic (exact) mass is 182 g/mol. The number of hydrogen-bond acceptors (Lipinski definition) is 2. The average molecular weight is 183 g/mol. The van der Waals surface area contributed by atoms with Crippen LogP contribution in [-0.4, -0.2) is 0 Å². The number of anilines is 1. The molecule has 0 aliphatic rings. The molecule has 0 bridgehead atoms. The quantitative estimate of drug-likeness (QED) is 0.308. The fourth-order valence-corrected chi connectivity index (χ4v) is 1.13. The maximum Gasteiger partial charge on any atom is 0.0622 e. The van der Waals surface area contributed by atoms with Crippen LogP contribution in [0.5, 0.6) is 0 Å². The molecule has 5 heteroatoms. The van der Waals surface area contributed by atoms with Gasteiger partial charge in [-0.05, 0) is 30.2 Å². The van der Waals surface area contributed by atoms with E-state index >= 15 is 0 Å². The Kier molecular flexibility index (Phi) is 2.43. The molecule has 0 aliphatic carbocycles. The van der Waals surface area contributed by atoms with Gasteiger partial charge in [0.1, 0.15) is 0 Å². The third-order valence-electron chi connectivity index (χ3n) is 1.48. The molecule has 0 amide bonds. The van der Waals surface area contributed by atoms with E-state index in [9.17, 15) is 0 Å². The van der Waals surface area contributed by atoms with Crippen molar-refractivity contribution in [2.24, 2.45) is 5.11 Å². The second-order valence-corrected chi connectivity index (χ2v) is 2.78. The molecular formula is C7H7ClN4. The van der Waals surface area contributed by atoms with Crippen LogP contribution in [-0.2, 0) is 0 Å². The lowest BCUT2D eigenvalue weighted by Gasteiger charge is -2.03. The SMILES string of the molecule is Cc1cc(Cl)cc(N=[N+]=[N-])c1N. The Morgan fingerprint density at radius 3 is 2.83 bits per heavy atom. The molecule has 12 heavy (non-hydrogen) atoms. The molecule has 1 rings (SSSR count). The summed E-state index contributed by atoms with van der Waals surface area (Å²) in [5, 5.41) is 3.92. The van der Waals surface area contributed by atoms with Gasteiger partial charge >= 0.3 is 0 Å². The molecule has 0 saturated carbocycles. The van der Waals surface area contributed by atoms with Gasteiger partial charge in [-0.2, -0.15) is 0 Å². The van der Waals surface area contributed by atoms with Crippen LogP contribution in [0.15, 0.2) is 17.2 Å². The van der Waals surface area contributed by atoms with Crippen molar-refractivity contribution in [2.75, 3.05) is 5.73 Å². The summed E-state index contributed by atoms with van der Waals surface area (Å²) in [5.41, 5.74) is 15.5. The number of halogens is 1. The van der Waals surface area contributed by atoms with Crippen molar-refractivity contribution in [3.05, 3.63) is 33.2 Å². The number of azide groups is 1. The number of benzene rings is 1. The maximum atomic E-state index is 8.19. The maximum absolute atomic E-state index is 8.19. The fraction of sp³-hybridized carbons (Fsp3) is 0.143. The van der Waals surface area contributed by atoms with E-state index in [-0.39, 0.29) is 0 Å². The second kappa shape index (κ2) is 3.34. The number of rotatable bonds is 1. The summed E-state index contributed by atoms with van der Waals surface area (Å²) >= 11 is 5.72. The third-order valence-corrected chi connectivity index (χ3v) is 1.70. The summed E-state index contributed by atoms with van der Waals surface area (Å²) in [7, 11) is 0. The minimum atomic E-state index is 0.377. The van der Waals surface area contributed by atoms with Gasteiger partial charge in [-0.25, -0.2) is 0 Å². The summed E-state index contributed by atoms with van der Waals surface area (Å²) < 4.78 is 0. The molecule has 0 saturated heterocycles. The highest BCUT2D eigenvalue weighted by atomic mass is 35.5. The van der Waals surface area contributed by atoms with Crippen molar-refractivity contribution in [1.29, 1.82) is 0 Å². The summed E-state index contributed by atoms with van der Waals surface area (Å²) in [5.74, 6) is 0. The number of nitrogens with two attached hydrogens (primary N) is 1. The van der Waals surface area contributed by atoms with Gasteiger partial charge in [0.05, 0.1) is 5.69 Å². The summed E-state index contributed by atoms with van der Waals surface area (Å²) in [6.07, 6.45) is 0. The van der Waals surface area contributed by atoms with Crippen LogP contribution in [0.25, 0.3) is 10.4 Å². The van der Waals surface area contributed by atoms with E-state index in [4.69, 9.17) is 22.9 Å². The predicted molar refractivity (Wildman–Crippen MR) is 49.4 cm³/mol. The van der Waals surface area contributed by atoms with Crippen LogP contribution >= 0.6 is 11.6 Å². The lowest BCUT2D eigenvalue weighted by Crippen LogP contribution is -1.89. The lowest BCUT2D eigenvalue weighted by molar-refractivity contribution is 1.41. The van der Waals surface area contributed by atoms with E-state index in [1.807, 2.05) is 0 Å². The first-order chi connectivity index (χ1) is 5.65. The minimum absolute atomic E-state index is 0.377. The third kappa shape index (κ3) is 1.61. The minimum Gasteiger partial charge on any atom is -0.398 e. The van der Waals surface area contributed by atoms with Crippen LogP contribution in [0.4, 0.5) is 11.4 Å². The van der Waals surface area contributed by atoms with E-state index in [2.05, 4.69) is 10.0 Å². The normalized spacial score (nSPS) is 9.17. The first kappa shape index (κ1) is 8.71. The molecule has 1 aromatic carbocycles. The molecule has 0 aliphatic heterocycles. The van der Waals surface area contributed by atoms with Crippen LogP contribution in [0.1, 0.15) is 5.56 Å². The Morgan fingerprint density at radius 2 is 2.25 bits per heavy atom. The van der Waals surface area contributed by atoms with Crippen LogP contribution in [0, 0.1) is 6.92 Å². The highest BCUT2D eigenvalue weighted by Gasteiger charge is 2.01. The van der Waals surface area contributed by atoms with Gasteiger partial charge in [-0.1, -0.05) is 16.7 Å². The van der Waals surface area contributed by atoms with E-state index in [1.54, 1.807) is 13.0 Å². The van der Waals surface area contributed by atoms with Crippen LogP contribution in [0.3, 0.4) is 0 Å². The van der Waals surface area contributed by atoms with Crippen molar-refractivity contribution in [2.45, 2.75) is 6.92 Å². The van der Waals surface area contributed by atoms with Gasteiger partial charge in [-0.3, -0.25) is 0 Å². The van der Waals surface area contributed by atoms with E-state index in [1.165, 1.54) is 6.07 Å². The van der Waals surface area contributed by atoms with Gasteiger partial charge in [0.25, 0.3) is 0 Å². The molecule has 0 unspecified atom stereocenters. The molecule has 0 fully saturated rings. The Hall–Kier alpha value is -1.38.